The van der Waals surface area contributed by atoms with Gasteiger partial charge in [0.1, 0.15) is 5.82 Å². The summed E-state index contributed by atoms with van der Waals surface area (Å²) < 4.78 is 40.5. The van der Waals surface area contributed by atoms with Gasteiger partial charge in [-0.1, -0.05) is 0 Å². The first-order valence-electron chi connectivity index (χ1n) is 8.12. The molecule has 2 aliphatic heterocycles. The third kappa shape index (κ3) is 3.38. The number of carbonyl (C=O) groups is 2. The van der Waals surface area contributed by atoms with Crippen molar-refractivity contribution in [2.75, 3.05) is 26.2 Å². The maximum Gasteiger partial charge on any atom is 0.307 e. The Hall–Kier alpha value is -2.00. The van der Waals surface area contributed by atoms with E-state index in [0.717, 1.165) is 23.2 Å². The molecule has 3 rings (SSSR count). The zero-order chi connectivity index (χ0) is 18.2. The van der Waals surface area contributed by atoms with Crippen LogP contribution in [0, 0.1) is 11.7 Å². The molecule has 9 heteroatoms. The number of hydrogen-bond donors (Lipinski definition) is 1. The van der Waals surface area contributed by atoms with Crippen LogP contribution in [0.25, 0.3) is 0 Å². The standard InChI is InChI=1S/C16H19FN2O5S/c17-14-9-12(3-4-13(14)15(20)18-6-1-2-7-18)25(23,24)19-8-5-11(10-19)16(21)22/h3-4,9,11H,1-2,5-8,10H2,(H,21,22). The van der Waals surface area contributed by atoms with Gasteiger partial charge in [0.25, 0.3) is 5.91 Å². The highest BCUT2D eigenvalue weighted by Gasteiger charge is 2.36. The number of sulfonamides is 1. The normalized spacial score (nSPS) is 21.6. The summed E-state index contributed by atoms with van der Waals surface area (Å²) in [4.78, 5) is 24.5. The lowest BCUT2D eigenvalue weighted by atomic mass is 10.1. The van der Waals surface area contributed by atoms with Gasteiger partial charge in [-0.2, -0.15) is 4.31 Å². The molecular weight excluding hydrogens is 351 g/mol. The number of carbonyl (C=O) groups excluding carboxylic acids is 1. The van der Waals surface area contributed by atoms with Crippen molar-refractivity contribution in [2.45, 2.75) is 24.2 Å². The van der Waals surface area contributed by atoms with Crippen LogP contribution in [0.15, 0.2) is 23.1 Å². The number of carboxylic acids is 1. The fourth-order valence-corrected chi connectivity index (χ4v) is 4.73. The topological polar surface area (TPSA) is 95.0 Å². The summed E-state index contributed by atoms with van der Waals surface area (Å²) in [6.07, 6.45) is 1.97. The van der Waals surface area contributed by atoms with Crippen LogP contribution in [0.4, 0.5) is 4.39 Å². The zero-order valence-corrected chi connectivity index (χ0v) is 14.3. The second kappa shape index (κ2) is 6.72. The van der Waals surface area contributed by atoms with Crippen molar-refractivity contribution >= 4 is 21.9 Å². The van der Waals surface area contributed by atoms with E-state index in [1.54, 1.807) is 4.90 Å². The predicted molar refractivity (Wildman–Crippen MR) is 86.0 cm³/mol. The van der Waals surface area contributed by atoms with Crippen molar-refractivity contribution < 1.29 is 27.5 Å². The van der Waals surface area contributed by atoms with Gasteiger partial charge in [0, 0.05) is 26.2 Å². The van der Waals surface area contributed by atoms with Crippen LogP contribution in [-0.4, -0.2) is 60.8 Å². The molecule has 0 radical (unpaired) electrons. The molecule has 7 nitrogen and oxygen atoms in total. The number of halogens is 1. The molecule has 0 aliphatic carbocycles. The fraction of sp³-hybridized carbons (Fsp3) is 0.500. The average molecular weight is 370 g/mol. The van der Waals surface area contributed by atoms with Gasteiger partial charge in [-0.15, -0.1) is 0 Å². The van der Waals surface area contributed by atoms with Crippen molar-refractivity contribution in [1.29, 1.82) is 0 Å². The number of likely N-dealkylation sites (tertiary alicyclic amines) is 1. The van der Waals surface area contributed by atoms with Gasteiger partial charge >= 0.3 is 5.97 Å². The van der Waals surface area contributed by atoms with Gasteiger partial charge in [0.2, 0.25) is 10.0 Å². The average Bonchev–Trinajstić information content (AvgIpc) is 3.25. The van der Waals surface area contributed by atoms with Gasteiger partial charge in [-0.05, 0) is 37.5 Å². The number of benzene rings is 1. The van der Waals surface area contributed by atoms with E-state index in [9.17, 15) is 22.4 Å². The van der Waals surface area contributed by atoms with Gasteiger partial charge < -0.3 is 10.0 Å². The lowest BCUT2D eigenvalue weighted by Gasteiger charge is -2.18. The van der Waals surface area contributed by atoms with Crippen LogP contribution < -0.4 is 0 Å². The van der Waals surface area contributed by atoms with Gasteiger partial charge in [-0.3, -0.25) is 9.59 Å². The molecular formula is C16H19FN2O5S. The minimum Gasteiger partial charge on any atom is -0.481 e. The molecule has 0 bridgehead atoms. The van der Waals surface area contributed by atoms with Crippen molar-refractivity contribution in [1.82, 2.24) is 9.21 Å². The van der Waals surface area contributed by atoms with Crippen LogP contribution in [0.3, 0.4) is 0 Å². The van der Waals surface area contributed by atoms with Crippen LogP contribution in [0.1, 0.15) is 29.6 Å². The SMILES string of the molecule is O=C(O)C1CCN(S(=O)(=O)c2ccc(C(=O)N3CCCC3)c(F)c2)C1. The highest BCUT2D eigenvalue weighted by molar-refractivity contribution is 7.89. The molecule has 1 atom stereocenters. The molecule has 136 valence electrons. The smallest absolute Gasteiger partial charge is 0.307 e. The third-order valence-corrected chi connectivity index (χ3v) is 6.56. The molecule has 1 unspecified atom stereocenters. The molecule has 2 saturated heterocycles. The maximum atomic E-state index is 14.4. The number of aliphatic carboxylic acids is 1. The Morgan fingerprint density at radius 2 is 1.84 bits per heavy atom. The number of hydrogen-bond acceptors (Lipinski definition) is 4. The quantitative estimate of drug-likeness (QED) is 0.858. The molecule has 1 N–H and O–H groups in total. The van der Waals surface area contributed by atoms with Gasteiger partial charge in [0.05, 0.1) is 16.4 Å². The number of nitrogens with zero attached hydrogens (tertiary/aromatic N) is 2. The third-order valence-electron chi connectivity index (χ3n) is 4.70. The number of rotatable bonds is 4. The van der Waals surface area contributed by atoms with Crippen LogP contribution in [0.2, 0.25) is 0 Å². The molecule has 2 fully saturated rings. The Bertz CT molecular complexity index is 805. The van der Waals surface area contributed by atoms with Crippen molar-refractivity contribution in [3.63, 3.8) is 0 Å². The Balaban J connectivity index is 1.82. The largest absolute Gasteiger partial charge is 0.481 e. The minimum atomic E-state index is -3.98. The van der Waals surface area contributed by atoms with E-state index in [2.05, 4.69) is 0 Å². The van der Waals surface area contributed by atoms with Crippen molar-refractivity contribution in [2.24, 2.45) is 5.92 Å². The Labute approximate surface area is 145 Å². The molecule has 1 aromatic carbocycles. The molecule has 0 spiro atoms. The summed E-state index contributed by atoms with van der Waals surface area (Å²) in [5.41, 5.74) is -0.148. The van der Waals surface area contributed by atoms with Crippen LogP contribution in [0.5, 0.6) is 0 Å². The summed E-state index contributed by atoms with van der Waals surface area (Å²) >= 11 is 0. The second-order valence-electron chi connectivity index (χ2n) is 6.33. The fourth-order valence-electron chi connectivity index (χ4n) is 3.22. The monoisotopic (exact) mass is 370 g/mol. The lowest BCUT2D eigenvalue weighted by molar-refractivity contribution is -0.141. The summed E-state index contributed by atoms with van der Waals surface area (Å²) in [5.74, 6) is -3.12. The van der Waals surface area contributed by atoms with E-state index in [1.807, 2.05) is 0 Å². The lowest BCUT2D eigenvalue weighted by Crippen LogP contribution is -2.31. The van der Waals surface area contributed by atoms with Crippen molar-refractivity contribution in [3.8, 4) is 0 Å². The Kier molecular flexibility index (Phi) is 4.79. The molecule has 2 heterocycles. The van der Waals surface area contributed by atoms with E-state index in [4.69, 9.17) is 5.11 Å². The summed E-state index contributed by atoms with van der Waals surface area (Å²) in [6.45, 7) is 1.09. The summed E-state index contributed by atoms with van der Waals surface area (Å²) in [5, 5.41) is 8.99. The summed E-state index contributed by atoms with van der Waals surface area (Å²) in [7, 11) is -3.98. The first kappa shape index (κ1) is 17.8. The number of amides is 1. The summed E-state index contributed by atoms with van der Waals surface area (Å²) in [6, 6.07) is 3.23. The molecule has 0 saturated carbocycles. The number of carboxylic acid groups (broad SMARTS) is 1. The molecule has 2 aliphatic rings. The van der Waals surface area contributed by atoms with Gasteiger partial charge in [0.15, 0.2) is 0 Å². The van der Waals surface area contributed by atoms with Gasteiger partial charge in [-0.25, -0.2) is 12.8 Å². The second-order valence-corrected chi connectivity index (χ2v) is 8.27. The van der Waals surface area contributed by atoms with E-state index in [-0.39, 0.29) is 30.0 Å². The van der Waals surface area contributed by atoms with E-state index >= 15 is 0 Å². The van der Waals surface area contributed by atoms with E-state index in [1.165, 1.54) is 12.1 Å². The Morgan fingerprint density at radius 3 is 2.40 bits per heavy atom. The first-order valence-corrected chi connectivity index (χ1v) is 9.56. The highest BCUT2D eigenvalue weighted by atomic mass is 32.2. The molecule has 1 aromatic rings. The minimum absolute atomic E-state index is 0.0787. The molecule has 1 amide bonds. The van der Waals surface area contributed by atoms with Crippen molar-refractivity contribution in [3.05, 3.63) is 29.6 Å². The Morgan fingerprint density at radius 1 is 1.16 bits per heavy atom. The zero-order valence-electron chi connectivity index (χ0n) is 13.5. The van der Waals surface area contributed by atoms with Crippen LogP contribution >= 0.6 is 0 Å². The first-order chi connectivity index (χ1) is 11.8. The van der Waals surface area contributed by atoms with E-state index < -0.39 is 33.6 Å². The molecule has 0 aromatic heterocycles. The highest BCUT2D eigenvalue weighted by Crippen LogP contribution is 2.26. The molecule has 25 heavy (non-hydrogen) atoms. The predicted octanol–water partition coefficient (Wildman–Crippen LogP) is 1.16. The maximum absolute atomic E-state index is 14.4. The van der Waals surface area contributed by atoms with Crippen LogP contribution in [-0.2, 0) is 14.8 Å². The van der Waals surface area contributed by atoms with E-state index in [0.29, 0.717) is 13.1 Å².